The number of rotatable bonds is 3. The van der Waals surface area contributed by atoms with Gasteiger partial charge < -0.3 is 10.6 Å². The van der Waals surface area contributed by atoms with E-state index in [9.17, 15) is 4.79 Å². The van der Waals surface area contributed by atoms with E-state index in [4.69, 9.17) is 11.6 Å². The molecular weight excluding hydrogens is 376 g/mol. The van der Waals surface area contributed by atoms with Gasteiger partial charge in [-0.3, -0.25) is 4.79 Å². The van der Waals surface area contributed by atoms with Crippen molar-refractivity contribution < 1.29 is 4.79 Å². The lowest BCUT2D eigenvalue weighted by Gasteiger charge is -2.20. The van der Waals surface area contributed by atoms with Gasteiger partial charge in [-0.25, -0.2) is 0 Å². The third-order valence-corrected chi connectivity index (χ3v) is 5.04. The highest BCUT2D eigenvalue weighted by atomic mass is 79.9. The van der Waals surface area contributed by atoms with E-state index in [-0.39, 0.29) is 5.91 Å². The van der Waals surface area contributed by atoms with Gasteiger partial charge in [0.2, 0.25) is 5.91 Å². The minimum absolute atomic E-state index is 0.186. The van der Waals surface area contributed by atoms with Gasteiger partial charge in [0.15, 0.2) is 0 Å². The zero-order chi connectivity index (χ0) is 16.2. The van der Waals surface area contributed by atoms with Crippen LogP contribution in [0.3, 0.4) is 0 Å². The van der Waals surface area contributed by atoms with Crippen molar-refractivity contribution in [3.8, 4) is 0 Å². The van der Waals surface area contributed by atoms with E-state index in [1.54, 1.807) is 12.1 Å². The Labute approximate surface area is 148 Å². The summed E-state index contributed by atoms with van der Waals surface area (Å²) in [6, 6.07) is 11.4. The molecule has 3 rings (SSSR count). The summed E-state index contributed by atoms with van der Waals surface area (Å²) in [5.41, 5.74) is 4.13. The molecule has 1 aliphatic rings. The maximum Gasteiger partial charge on any atom is 0.248 e. The van der Waals surface area contributed by atoms with Crippen molar-refractivity contribution in [2.24, 2.45) is 0 Å². The second kappa shape index (κ2) is 7.30. The number of halogens is 2. The highest BCUT2D eigenvalue weighted by molar-refractivity contribution is 9.10. The molecule has 0 aromatic heterocycles. The van der Waals surface area contributed by atoms with Gasteiger partial charge in [-0.05, 0) is 63.8 Å². The number of benzene rings is 2. The first-order chi connectivity index (χ1) is 11.1. The number of hydrogen-bond donors (Lipinski definition) is 2. The number of amides is 1. The summed E-state index contributed by atoms with van der Waals surface area (Å²) < 4.78 is 0.946. The van der Waals surface area contributed by atoms with Gasteiger partial charge in [0, 0.05) is 22.1 Å². The highest BCUT2D eigenvalue weighted by Crippen LogP contribution is 2.31. The molecule has 0 fully saturated rings. The molecule has 0 atom stereocenters. The lowest BCUT2D eigenvalue weighted by Crippen LogP contribution is -2.24. The van der Waals surface area contributed by atoms with E-state index in [1.165, 1.54) is 17.2 Å². The molecule has 2 aromatic rings. The molecule has 0 radical (unpaired) electrons. The van der Waals surface area contributed by atoms with E-state index in [0.29, 0.717) is 5.02 Å². The number of carbonyl (C=O) groups is 1. The minimum atomic E-state index is -0.186. The molecule has 0 bridgehead atoms. The summed E-state index contributed by atoms with van der Waals surface area (Å²) >= 11 is 9.68. The first kappa shape index (κ1) is 16.2. The first-order valence-corrected chi connectivity index (χ1v) is 8.57. The molecule has 2 aromatic carbocycles. The van der Waals surface area contributed by atoms with Crippen LogP contribution in [-0.4, -0.2) is 12.5 Å². The van der Waals surface area contributed by atoms with Crippen LogP contribution in [0.2, 0.25) is 5.02 Å². The summed E-state index contributed by atoms with van der Waals surface area (Å²) in [4.78, 5) is 12.1. The topological polar surface area (TPSA) is 41.1 Å². The van der Waals surface area contributed by atoms with Crippen LogP contribution >= 0.6 is 27.5 Å². The van der Waals surface area contributed by atoms with Crippen LogP contribution in [-0.2, 0) is 17.8 Å². The molecule has 2 N–H and O–H groups in total. The molecule has 0 spiro atoms. The number of carbonyl (C=O) groups excluding carboxylic acids is 1. The smallest absolute Gasteiger partial charge is 0.248 e. The molecule has 5 heteroatoms. The van der Waals surface area contributed by atoms with Gasteiger partial charge in [-0.2, -0.15) is 0 Å². The van der Waals surface area contributed by atoms with Gasteiger partial charge >= 0.3 is 0 Å². The van der Waals surface area contributed by atoms with Crippen molar-refractivity contribution in [3.05, 3.63) is 68.7 Å². The Morgan fingerprint density at radius 2 is 2.09 bits per heavy atom. The number of hydrogen-bond acceptors (Lipinski definition) is 2. The first-order valence-electron chi connectivity index (χ1n) is 7.40. The summed E-state index contributed by atoms with van der Waals surface area (Å²) in [6.07, 6.45) is 4.21. The Morgan fingerprint density at radius 3 is 2.91 bits per heavy atom. The molecular formula is C18H16BrClN2O. The molecule has 3 nitrogen and oxygen atoms in total. The van der Waals surface area contributed by atoms with Crippen LogP contribution in [0.4, 0.5) is 5.69 Å². The SMILES string of the molecule is O=C(/C=C/c1ccccc1Cl)Nc1ccc2c(c1Br)CNCC2. The van der Waals surface area contributed by atoms with E-state index in [0.717, 1.165) is 35.2 Å². The molecule has 0 unspecified atom stereocenters. The lowest BCUT2D eigenvalue weighted by atomic mass is 10.0. The van der Waals surface area contributed by atoms with E-state index in [1.807, 2.05) is 24.3 Å². The molecule has 1 heterocycles. The highest BCUT2D eigenvalue weighted by Gasteiger charge is 2.15. The van der Waals surface area contributed by atoms with Gasteiger partial charge in [-0.1, -0.05) is 35.9 Å². The van der Waals surface area contributed by atoms with E-state index >= 15 is 0 Å². The van der Waals surface area contributed by atoms with Crippen molar-refractivity contribution in [2.45, 2.75) is 13.0 Å². The predicted molar refractivity (Wildman–Crippen MR) is 98.7 cm³/mol. The number of nitrogens with one attached hydrogen (secondary N) is 2. The van der Waals surface area contributed by atoms with Crippen molar-refractivity contribution in [1.82, 2.24) is 5.32 Å². The molecule has 0 aliphatic carbocycles. The quantitative estimate of drug-likeness (QED) is 0.761. The summed E-state index contributed by atoms with van der Waals surface area (Å²) in [5, 5.41) is 6.87. The summed E-state index contributed by atoms with van der Waals surface area (Å²) in [6.45, 7) is 1.81. The molecule has 0 saturated carbocycles. The Hall–Kier alpha value is -1.62. The fourth-order valence-corrected chi connectivity index (χ4v) is 3.39. The van der Waals surface area contributed by atoms with Gasteiger partial charge in [0.05, 0.1) is 5.69 Å². The predicted octanol–water partition coefficient (Wildman–Crippen LogP) is 4.40. The minimum Gasteiger partial charge on any atom is -0.321 e. The number of fused-ring (bicyclic) bond motifs is 1. The largest absolute Gasteiger partial charge is 0.321 e. The van der Waals surface area contributed by atoms with Gasteiger partial charge in [-0.15, -0.1) is 0 Å². The van der Waals surface area contributed by atoms with Crippen LogP contribution < -0.4 is 10.6 Å². The zero-order valence-corrected chi connectivity index (χ0v) is 14.7. The molecule has 23 heavy (non-hydrogen) atoms. The Morgan fingerprint density at radius 1 is 1.26 bits per heavy atom. The van der Waals surface area contributed by atoms with Crippen molar-refractivity contribution in [3.63, 3.8) is 0 Å². The second-order valence-electron chi connectivity index (χ2n) is 5.34. The van der Waals surface area contributed by atoms with Crippen LogP contribution in [0.25, 0.3) is 6.08 Å². The van der Waals surface area contributed by atoms with Crippen molar-refractivity contribution in [1.29, 1.82) is 0 Å². The molecule has 1 aliphatic heterocycles. The third-order valence-electron chi connectivity index (χ3n) is 3.79. The average molecular weight is 392 g/mol. The van der Waals surface area contributed by atoms with Crippen LogP contribution in [0.1, 0.15) is 16.7 Å². The fraction of sp³-hybridized carbons (Fsp3) is 0.167. The number of anilines is 1. The van der Waals surface area contributed by atoms with Gasteiger partial charge in [0.1, 0.15) is 0 Å². The molecule has 0 saturated heterocycles. The van der Waals surface area contributed by atoms with E-state index in [2.05, 4.69) is 32.6 Å². The Balaban J connectivity index is 1.75. The Bertz CT molecular complexity index is 774. The second-order valence-corrected chi connectivity index (χ2v) is 6.54. The maximum absolute atomic E-state index is 12.1. The van der Waals surface area contributed by atoms with Crippen LogP contribution in [0, 0.1) is 0 Å². The summed E-state index contributed by atoms with van der Waals surface area (Å²) in [7, 11) is 0. The Kier molecular flexibility index (Phi) is 5.16. The normalized spacial score (nSPS) is 13.8. The molecule has 1 amide bonds. The zero-order valence-electron chi connectivity index (χ0n) is 12.4. The van der Waals surface area contributed by atoms with Crippen molar-refractivity contribution in [2.75, 3.05) is 11.9 Å². The van der Waals surface area contributed by atoms with Crippen LogP contribution in [0.15, 0.2) is 46.9 Å². The maximum atomic E-state index is 12.1. The lowest BCUT2D eigenvalue weighted by molar-refractivity contribution is -0.111. The fourth-order valence-electron chi connectivity index (χ4n) is 2.57. The van der Waals surface area contributed by atoms with Crippen molar-refractivity contribution >= 4 is 45.2 Å². The molecule has 118 valence electrons. The monoisotopic (exact) mass is 390 g/mol. The summed E-state index contributed by atoms with van der Waals surface area (Å²) in [5.74, 6) is -0.186. The van der Waals surface area contributed by atoms with Gasteiger partial charge in [0.25, 0.3) is 0 Å². The average Bonchev–Trinajstić information content (AvgIpc) is 2.57. The van der Waals surface area contributed by atoms with E-state index < -0.39 is 0 Å². The van der Waals surface area contributed by atoms with Crippen LogP contribution in [0.5, 0.6) is 0 Å². The standard InChI is InChI=1S/C18H16BrClN2O/c19-18-14-11-21-10-9-12(14)5-7-16(18)22-17(23)8-6-13-3-1-2-4-15(13)20/h1-8,21H,9-11H2,(H,22,23)/b8-6+. The third kappa shape index (κ3) is 3.83.